The summed E-state index contributed by atoms with van der Waals surface area (Å²) in [5.41, 5.74) is 1.80. The number of H-pyrrole nitrogens is 1. The van der Waals surface area contributed by atoms with Gasteiger partial charge in [0.1, 0.15) is 0 Å². The van der Waals surface area contributed by atoms with Crippen LogP contribution >= 0.6 is 0 Å². The van der Waals surface area contributed by atoms with E-state index >= 15 is 0 Å². The highest BCUT2D eigenvalue weighted by molar-refractivity contribution is 5.34. The van der Waals surface area contributed by atoms with Crippen LogP contribution in [0.2, 0.25) is 0 Å². The lowest BCUT2D eigenvalue weighted by atomic mass is 10.2. The number of imidazole rings is 1. The molecule has 0 aliphatic carbocycles. The topological polar surface area (TPSA) is 68.5 Å². The van der Waals surface area contributed by atoms with E-state index in [0.29, 0.717) is 6.54 Å². The highest BCUT2D eigenvalue weighted by atomic mass is 16.1. The van der Waals surface area contributed by atoms with Crippen molar-refractivity contribution in [1.29, 1.82) is 0 Å². The van der Waals surface area contributed by atoms with Crippen LogP contribution in [0.3, 0.4) is 0 Å². The average molecular weight is 241 g/mol. The van der Waals surface area contributed by atoms with Crippen LogP contribution in [0, 0.1) is 0 Å². The van der Waals surface area contributed by atoms with Gasteiger partial charge in [0.25, 0.3) is 0 Å². The minimum absolute atomic E-state index is 0.140. The Morgan fingerprint density at radius 3 is 2.61 bits per heavy atom. The fourth-order valence-corrected chi connectivity index (χ4v) is 1.79. The highest BCUT2D eigenvalue weighted by Crippen LogP contribution is 2.08. The SMILES string of the molecule is O=c1[nH]ccn1-c1ccc(Cn2ccnn2)cc1. The molecular formula is C12H11N5O. The van der Waals surface area contributed by atoms with Crippen molar-refractivity contribution in [3.8, 4) is 5.69 Å². The summed E-state index contributed by atoms with van der Waals surface area (Å²) in [6.45, 7) is 0.669. The Balaban J connectivity index is 1.85. The van der Waals surface area contributed by atoms with Crippen LogP contribution in [0.5, 0.6) is 0 Å². The Kier molecular flexibility index (Phi) is 2.53. The van der Waals surface area contributed by atoms with Gasteiger partial charge in [-0.15, -0.1) is 5.10 Å². The molecule has 0 aliphatic rings. The molecule has 18 heavy (non-hydrogen) atoms. The Morgan fingerprint density at radius 2 is 2.00 bits per heavy atom. The van der Waals surface area contributed by atoms with Crippen molar-refractivity contribution >= 4 is 0 Å². The van der Waals surface area contributed by atoms with E-state index in [1.807, 2.05) is 30.5 Å². The molecule has 0 saturated heterocycles. The van der Waals surface area contributed by atoms with Gasteiger partial charge in [-0.05, 0) is 17.7 Å². The standard InChI is InChI=1S/C12H11N5O/c18-12-13-5-8-17(12)11-3-1-10(2-4-11)9-16-7-6-14-15-16/h1-8H,9H2,(H,13,18). The predicted molar refractivity (Wildman–Crippen MR) is 65.5 cm³/mol. The van der Waals surface area contributed by atoms with Gasteiger partial charge >= 0.3 is 5.69 Å². The summed E-state index contributed by atoms with van der Waals surface area (Å²) in [4.78, 5) is 14.0. The number of aromatic amines is 1. The van der Waals surface area contributed by atoms with Crippen molar-refractivity contribution in [3.63, 3.8) is 0 Å². The molecule has 2 aromatic heterocycles. The molecule has 2 heterocycles. The predicted octanol–water partition coefficient (Wildman–Crippen LogP) is 0.805. The maximum atomic E-state index is 11.4. The summed E-state index contributed by atoms with van der Waals surface area (Å²) < 4.78 is 3.30. The molecule has 0 atom stereocenters. The lowest BCUT2D eigenvalue weighted by Gasteiger charge is -2.04. The lowest BCUT2D eigenvalue weighted by molar-refractivity contribution is 0.649. The minimum atomic E-state index is -0.140. The van der Waals surface area contributed by atoms with E-state index in [2.05, 4.69) is 15.3 Å². The second kappa shape index (κ2) is 4.33. The van der Waals surface area contributed by atoms with E-state index in [9.17, 15) is 4.79 Å². The molecule has 0 unspecified atom stereocenters. The first-order valence-corrected chi connectivity index (χ1v) is 5.52. The van der Waals surface area contributed by atoms with Gasteiger partial charge < -0.3 is 4.98 Å². The molecule has 0 spiro atoms. The minimum Gasteiger partial charge on any atom is -0.312 e. The van der Waals surface area contributed by atoms with Crippen LogP contribution in [0.15, 0.2) is 53.8 Å². The van der Waals surface area contributed by atoms with E-state index < -0.39 is 0 Å². The quantitative estimate of drug-likeness (QED) is 0.737. The van der Waals surface area contributed by atoms with Crippen molar-refractivity contribution in [3.05, 3.63) is 65.1 Å². The van der Waals surface area contributed by atoms with Crippen molar-refractivity contribution in [2.24, 2.45) is 0 Å². The van der Waals surface area contributed by atoms with Crippen molar-refractivity contribution < 1.29 is 0 Å². The van der Waals surface area contributed by atoms with Gasteiger partial charge in [-0.1, -0.05) is 17.3 Å². The molecule has 1 N–H and O–H groups in total. The second-order valence-electron chi connectivity index (χ2n) is 3.90. The van der Waals surface area contributed by atoms with Crippen molar-refractivity contribution in [2.75, 3.05) is 0 Å². The molecule has 3 aromatic rings. The first kappa shape index (κ1) is 10.5. The number of nitrogens with zero attached hydrogens (tertiary/aromatic N) is 4. The number of nitrogens with one attached hydrogen (secondary N) is 1. The van der Waals surface area contributed by atoms with Gasteiger partial charge in [-0.2, -0.15) is 0 Å². The number of hydrogen-bond acceptors (Lipinski definition) is 3. The zero-order valence-electron chi connectivity index (χ0n) is 9.52. The summed E-state index contributed by atoms with van der Waals surface area (Å²) in [7, 11) is 0. The fraction of sp³-hybridized carbons (Fsp3) is 0.0833. The molecule has 0 saturated carbocycles. The van der Waals surface area contributed by atoms with Crippen LogP contribution in [0.1, 0.15) is 5.56 Å². The Labute approximate surface area is 103 Å². The maximum Gasteiger partial charge on any atom is 0.330 e. The van der Waals surface area contributed by atoms with E-state index in [4.69, 9.17) is 0 Å². The first-order valence-electron chi connectivity index (χ1n) is 5.52. The normalized spacial score (nSPS) is 10.7. The van der Waals surface area contributed by atoms with E-state index in [1.165, 1.54) is 0 Å². The molecule has 1 aromatic carbocycles. The zero-order valence-corrected chi connectivity index (χ0v) is 9.52. The largest absolute Gasteiger partial charge is 0.330 e. The third kappa shape index (κ3) is 1.95. The van der Waals surface area contributed by atoms with Gasteiger partial charge in [0.05, 0.1) is 18.4 Å². The number of rotatable bonds is 3. The van der Waals surface area contributed by atoms with Crippen molar-refractivity contribution in [1.82, 2.24) is 24.5 Å². The van der Waals surface area contributed by atoms with E-state index in [1.54, 1.807) is 27.8 Å². The second-order valence-corrected chi connectivity index (χ2v) is 3.90. The first-order chi connectivity index (χ1) is 8.83. The van der Waals surface area contributed by atoms with Crippen molar-refractivity contribution in [2.45, 2.75) is 6.54 Å². The summed E-state index contributed by atoms with van der Waals surface area (Å²) in [6.07, 6.45) is 6.78. The molecule has 90 valence electrons. The molecule has 0 aliphatic heterocycles. The van der Waals surface area contributed by atoms with Gasteiger partial charge in [0.2, 0.25) is 0 Å². The van der Waals surface area contributed by atoms with Crippen LogP contribution in [-0.4, -0.2) is 24.5 Å². The molecule has 6 heteroatoms. The van der Waals surface area contributed by atoms with Gasteiger partial charge in [0.15, 0.2) is 0 Å². The highest BCUT2D eigenvalue weighted by Gasteiger charge is 2.00. The average Bonchev–Trinajstić information content (AvgIpc) is 3.02. The van der Waals surface area contributed by atoms with E-state index in [-0.39, 0.29) is 5.69 Å². The van der Waals surface area contributed by atoms with Gasteiger partial charge in [0, 0.05) is 18.6 Å². The van der Waals surface area contributed by atoms with Crippen LogP contribution in [-0.2, 0) is 6.54 Å². The molecule has 0 bridgehead atoms. The third-order valence-electron chi connectivity index (χ3n) is 2.68. The van der Waals surface area contributed by atoms with Crippen LogP contribution < -0.4 is 5.69 Å². The molecule has 0 radical (unpaired) electrons. The maximum absolute atomic E-state index is 11.4. The summed E-state index contributed by atoms with van der Waals surface area (Å²) in [6, 6.07) is 7.75. The van der Waals surface area contributed by atoms with Gasteiger partial charge in [-0.25, -0.2) is 9.48 Å². The molecule has 6 nitrogen and oxygen atoms in total. The molecule has 3 rings (SSSR count). The number of benzene rings is 1. The zero-order chi connectivity index (χ0) is 12.4. The monoisotopic (exact) mass is 241 g/mol. The lowest BCUT2D eigenvalue weighted by Crippen LogP contribution is -2.13. The molecule has 0 fully saturated rings. The fourth-order valence-electron chi connectivity index (χ4n) is 1.79. The van der Waals surface area contributed by atoms with E-state index in [0.717, 1.165) is 11.3 Å². The molecular weight excluding hydrogens is 230 g/mol. The summed E-state index contributed by atoms with van der Waals surface area (Å²) >= 11 is 0. The Bertz CT molecular complexity index is 678. The third-order valence-corrected chi connectivity index (χ3v) is 2.68. The Morgan fingerprint density at radius 1 is 1.17 bits per heavy atom. The number of aromatic nitrogens is 5. The Hall–Kier alpha value is -2.63. The van der Waals surface area contributed by atoms with Crippen LogP contribution in [0.25, 0.3) is 5.69 Å². The van der Waals surface area contributed by atoms with Gasteiger partial charge in [-0.3, -0.25) is 4.57 Å². The molecule has 0 amide bonds. The summed E-state index contributed by atoms with van der Waals surface area (Å²) in [5, 5.41) is 7.66. The summed E-state index contributed by atoms with van der Waals surface area (Å²) in [5.74, 6) is 0. The van der Waals surface area contributed by atoms with Crippen LogP contribution in [0.4, 0.5) is 0 Å². The smallest absolute Gasteiger partial charge is 0.312 e. The number of hydrogen-bond donors (Lipinski definition) is 1.